The number of fused-ring (bicyclic) bond motifs is 1. The molecule has 3 aromatic rings. The van der Waals surface area contributed by atoms with Gasteiger partial charge in [-0.2, -0.15) is 0 Å². The van der Waals surface area contributed by atoms with Crippen LogP contribution < -0.4 is 0 Å². The molecular weight excluding hydrogens is 242 g/mol. The molecule has 3 rings (SSSR count). The second-order valence-electron chi connectivity index (χ2n) is 4.12. The number of rotatable bonds is 3. The second-order valence-corrected chi connectivity index (χ2v) is 5.10. The Balaban J connectivity index is 1.83. The summed E-state index contributed by atoms with van der Waals surface area (Å²) in [5, 5.41) is 8.34. The van der Waals surface area contributed by atoms with E-state index in [0.29, 0.717) is 0 Å². The van der Waals surface area contributed by atoms with E-state index < -0.39 is 0 Å². The monoisotopic (exact) mass is 255 g/mol. The maximum atomic E-state index is 4.19. The Morgan fingerprint density at radius 3 is 2.72 bits per heavy atom. The van der Waals surface area contributed by atoms with Crippen LogP contribution in [0.5, 0.6) is 0 Å². The van der Waals surface area contributed by atoms with Crippen molar-refractivity contribution in [3.05, 3.63) is 54.1 Å². The summed E-state index contributed by atoms with van der Waals surface area (Å²) in [6.45, 7) is 2.13. The van der Waals surface area contributed by atoms with Gasteiger partial charge >= 0.3 is 0 Å². The summed E-state index contributed by atoms with van der Waals surface area (Å²) < 4.78 is 1.94. The first kappa shape index (κ1) is 11.3. The van der Waals surface area contributed by atoms with Crippen LogP contribution >= 0.6 is 11.8 Å². The third kappa shape index (κ3) is 2.11. The van der Waals surface area contributed by atoms with Crippen molar-refractivity contribution >= 4 is 22.8 Å². The normalized spacial score (nSPS) is 10.9. The van der Waals surface area contributed by atoms with Crippen molar-refractivity contribution in [3.8, 4) is 0 Å². The van der Waals surface area contributed by atoms with Crippen molar-refractivity contribution < 1.29 is 0 Å². The van der Waals surface area contributed by atoms with Crippen molar-refractivity contribution in [2.75, 3.05) is 0 Å². The van der Waals surface area contributed by atoms with Gasteiger partial charge in [0.25, 0.3) is 0 Å². The maximum absolute atomic E-state index is 4.19. The van der Waals surface area contributed by atoms with Gasteiger partial charge in [0.15, 0.2) is 0 Å². The molecule has 0 N–H and O–H groups in total. The number of aryl methyl sites for hydroxylation is 1. The molecule has 3 nitrogen and oxygen atoms in total. The van der Waals surface area contributed by atoms with Crippen molar-refractivity contribution in [1.29, 1.82) is 0 Å². The molecule has 18 heavy (non-hydrogen) atoms. The highest BCUT2D eigenvalue weighted by Gasteiger charge is 2.04. The lowest BCUT2D eigenvalue weighted by Gasteiger charge is -2.05. The Labute approximate surface area is 110 Å². The molecule has 0 aliphatic rings. The average molecular weight is 255 g/mol. The predicted octanol–water partition coefficient (Wildman–Crippen LogP) is 3.49. The number of aromatic nitrogens is 3. The van der Waals surface area contributed by atoms with Crippen molar-refractivity contribution in [1.82, 2.24) is 15.0 Å². The van der Waals surface area contributed by atoms with Gasteiger partial charge in [-0.15, -0.1) is 16.9 Å². The van der Waals surface area contributed by atoms with Crippen LogP contribution in [0.15, 0.2) is 53.4 Å². The molecule has 0 atom stereocenters. The quantitative estimate of drug-likeness (QED) is 0.671. The molecule has 4 heteroatoms. The summed E-state index contributed by atoms with van der Waals surface area (Å²) in [7, 11) is 0. The zero-order valence-corrected chi connectivity index (χ0v) is 10.9. The van der Waals surface area contributed by atoms with Gasteiger partial charge in [-0.05, 0) is 30.7 Å². The lowest BCUT2D eigenvalue weighted by molar-refractivity contribution is 0.722. The van der Waals surface area contributed by atoms with Crippen LogP contribution in [0, 0.1) is 6.92 Å². The standard InChI is InChI=1S/C14H13N3S/c1-11-6-2-5-9-14(11)18-10-17-13-8-4-3-7-12(13)15-16-17/h2-9H,10H2,1H3. The highest BCUT2D eigenvalue weighted by Crippen LogP contribution is 2.24. The van der Waals surface area contributed by atoms with Crippen LogP contribution in [0.2, 0.25) is 0 Å². The summed E-state index contributed by atoms with van der Waals surface area (Å²) in [5.41, 5.74) is 3.33. The number of hydrogen-bond acceptors (Lipinski definition) is 3. The molecule has 90 valence electrons. The highest BCUT2D eigenvalue weighted by molar-refractivity contribution is 7.98. The molecule has 0 radical (unpaired) electrons. The van der Waals surface area contributed by atoms with Gasteiger partial charge < -0.3 is 0 Å². The van der Waals surface area contributed by atoms with Gasteiger partial charge in [0.2, 0.25) is 0 Å². The third-order valence-electron chi connectivity index (χ3n) is 2.86. The van der Waals surface area contributed by atoms with Crippen LogP contribution in [0.1, 0.15) is 5.56 Å². The fourth-order valence-corrected chi connectivity index (χ4v) is 2.78. The van der Waals surface area contributed by atoms with E-state index >= 15 is 0 Å². The zero-order chi connectivity index (χ0) is 12.4. The van der Waals surface area contributed by atoms with Gasteiger partial charge in [-0.25, -0.2) is 4.68 Å². The predicted molar refractivity (Wildman–Crippen MR) is 74.6 cm³/mol. The van der Waals surface area contributed by atoms with Crippen LogP contribution in [0.25, 0.3) is 11.0 Å². The molecule has 1 heterocycles. The smallest absolute Gasteiger partial charge is 0.113 e. The molecule has 0 aliphatic heterocycles. The molecule has 0 fully saturated rings. The fraction of sp³-hybridized carbons (Fsp3) is 0.143. The van der Waals surface area contributed by atoms with Crippen molar-refractivity contribution in [3.63, 3.8) is 0 Å². The Morgan fingerprint density at radius 1 is 1.06 bits per heavy atom. The van der Waals surface area contributed by atoms with Gasteiger partial charge in [0.1, 0.15) is 5.52 Å². The van der Waals surface area contributed by atoms with Crippen LogP contribution in [-0.2, 0) is 5.88 Å². The van der Waals surface area contributed by atoms with Crippen LogP contribution in [0.4, 0.5) is 0 Å². The van der Waals surface area contributed by atoms with E-state index in [1.54, 1.807) is 11.8 Å². The van der Waals surface area contributed by atoms with E-state index in [1.807, 2.05) is 28.9 Å². The highest BCUT2D eigenvalue weighted by atomic mass is 32.2. The van der Waals surface area contributed by atoms with Crippen LogP contribution in [0.3, 0.4) is 0 Å². The average Bonchev–Trinajstić information content (AvgIpc) is 2.81. The molecule has 0 saturated carbocycles. The first-order valence-corrected chi connectivity index (χ1v) is 6.80. The van der Waals surface area contributed by atoms with Crippen LogP contribution in [-0.4, -0.2) is 15.0 Å². The lowest BCUT2D eigenvalue weighted by atomic mass is 10.2. The minimum atomic E-state index is 0.783. The largest absolute Gasteiger partial charge is 0.234 e. The van der Waals surface area contributed by atoms with Gasteiger partial charge in [-0.3, -0.25) is 0 Å². The van der Waals surface area contributed by atoms with Gasteiger partial charge in [-0.1, -0.05) is 35.5 Å². The number of nitrogens with zero attached hydrogens (tertiary/aromatic N) is 3. The molecule has 0 spiro atoms. The number of benzene rings is 2. The first-order chi connectivity index (χ1) is 8.84. The number of thioether (sulfide) groups is 1. The van der Waals surface area contributed by atoms with E-state index in [4.69, 9.17) is 0 Å². The molecule has 0 saturated heterocycles. The lowest BCUT2D eigenvalue weighted by Crippen LogP contribution is -1.97. The molecule has 0 unspecified atom stereocenters. The summed E-state index contributed by atoms with van der Waals surface area (Å²) in [6, 6.07) is 16.4. The SMILES string of the molecule is Cc1ccccc1SCn1nnc2ccccc21. The third-order valence-corrected chi connectivity index (χ3v) is 4.00. The topological polar surface area (TPSA) is 30.7 Å². The molecular formula is C14H13N3S. The van der Waals surface area contributed by atoms with Gasteiger partial charge in [0.05, 0.1) is 11.4 Å². The van der Waals surface area contributed by atoms with Crippen molar-refractivity contribution in [2.24, 2.45) is 0 Å². The first-order valence-electron chi connectivity index (χ1n) is 5.81. The molecule has 1 aromatic heterocycles. The Bertz CT molecular complexity index is 675. The minimum absolute atomic E-state index is 0.783. The molecule has 0 amide bonds. The Morgan fingerprint density at radius 2 is 1.83 bits per heavy atom. The summed E-state index contributed by atoms with van der Waals surface area (Å²) in [4.78, 5) is 1.29. The maximum Gasteiger partial charge on any atom is 0.113 e. The number of para-hydroxylation sites is 1. The minimum Gasteiger partial charge on any atom is -0.234 e. The summed E-state index contributed by atoms with van der Waals surface area (Å²) >= 11 is 1.78. The second kappa shape index (κ2) is 4.82. The summed E-state index contributed by atoms with van der Waals surface area (Å²) in [5.74, 6) is 0.783. The van der Waals surface area contributed by atoms with Gasteiger partial charge in [0, 0.05) is 4.90 Å². The van der Waals surface area contributed by atoms with E-state index in [9.17, 15) is 0 Å². The zero-order valence-electron chi connectivity index (χ0n) is 10.1. The number of hydrogen-bond donors (Lipinski definition) is 0. The van der Waals surface area contributed by atoms with Crippen molar-refractivity contribution in [2.45, 2.75) is 17.7 Å². The molecule has 0 bridgehead atoms. The van der Waals surface area contributed by atoms with E-state index in [0.717, 1.165) is 16.9 Å². The van der Waals surface area contributed by atoms with E-state index in [-0.39, 0.29) is 0 Å². The summed E-state index contributed by atoms with van der Waals surface area (Å²) in [6.07, 6.45) is 0. The van der Waals surface area contributed by atoms with E-state index in [2.05, 4.69) is 41.5 Å². The van der Waals surface area contributed by atoms with E-state index in [1.165, 1.54) is 10.5 Å². The Kier molecular flexibility index (Phi) is 3.02. The fourth-order valence-electron chi connectivity index (χ4n) is 1.86. The molecule has 0 aliphatic carbocycles. The molecule has 2 aromatic carbocycles. The Hall–Kier alpha value is -1.81.